The Morgan fingerprint density at radius 2 is 1.83 bits per heavy atom. The minimum atomic E-state index is -0.526. The summed E-state index contributed by atoms with van der Waals surface area (Å²) in [6.45, 7) is 0.863. The standard InChI is InChI=1S/C22H24N2O5/c1-28-19-10-6-3-7-15(19)11-12-24-14-16(13-20(24)25)21(26)23-18-9-5-4-8-17(18)22(27)29-2/h3-10,16H,11-14H2,1-2H3,(H,23,26). The molecule has 3 rings (SSSR count). The Kier molecular flexibility index (Phi) is 6.49. The third-order valence-electron chi connectivity index (χ3n) is 5.02. The van der Waals surface area contributed by atoms with E-state index in [9.17, 15) is 14.4 Å². The molecule has 1 N–H and O–H groups in total. The van der Waals surface area contributed by atoms with E-state index in [1.165, 1.54) is 7.11 Å². The highest BCUT2D eigenvalue weighted by Crippen LogP contribution is 2.24. The van der Waals surface area contributed by atoms with E-state index in [0.29, 0.717) is 25.2 Å². The molecular weight excluding hydrogens is 372 g/mol. The molecule has 2 amide bonds. The summed E-state index contributed by atoms with van der Waals surface area (Å²) < 4.78 is 10.1. The van der Waals surface area contributed by atoms with Gasteiger partial charge in [0.05, 0.1) is 31.4 Å². The van der Waals surface area contributed by atoms with E-state index in [2.05, 4.69) is 5.32 Å². The van der Waals surface area contributed by atoms with E-state index >= 15 is 0 Å². The predicted molar refractivity (Wildman–Crippen MR) is 108 cm³/mol. The number of methoxy groups -OCH3 is 2. The zero-order chi connectivity index (χ0) is 20.8. The van der Waals surface area contributed by atoms with E-state index in [1.54, 1.807) is 36.3 Å². The van der Waals surface area contributed by atoms with Crippen LogP contribution in [0.15, 0.2) is 48.5 Å². The highest BCUT2D eigenvalue weighted by Gasteiger charge is 2.34. The molecule has 1 aliphatic heterocycles. The lowest BCUT2D eigenvalue weighted by Gasteiger charge is -2.18. The minimum absolute atomic E-state index is 0.0544. The van der Waals surface area contributed by atoms with E-state index in [0.717, 1.165) is 11.3 Å². The summed E-state index contributed by atoms with van der Waals surface area (Å²) in [5.41, 5.74) is 1.67. The fraction of sp³-hybridized carbons (Fsp3) is 0.318. The molecule has 0 bridgehead atoms. The molecule has 29 heavy (non-hydrogen) atoms. The molecule has 2 aromatic carbocycles. The number of benzene rings is 2. The molecule has 0 aliphatic carbocycles. The van der Waals surface area contributed by atoms with Crippen molar-refractivity contribution < 1.29 is 23.9 Å². The molecule has 1 fully saturated rings. The van der Waals surface area contributed by atoms with Crippen LogP contribution in [0.5, 0.6) is 5.75 Å². The van der Waals surface area contributed by atoms with Gasteiger partial charge in [-0.05, 0) is 30.2 Å². The Bertz CT molecular complexity index is 912. The number of nitrogens with zero attached hydrogens (tertiary/aromatic N) is 1. The lowest BCUT2D eigenvalue weighted by Crippen LogP contribution is -2.30. The minimum Gasteiger partial charge on any atom is -0.496 e. The number of hydrogen-bond donors (Lipinski definition) is 1. The second-order valence-corrected chi connectivity index (χ2v) is 6.83. The van der Waals surface area contributed by atoms with Gasteiger partial charge in [0.25, 0.3) is 0 Å². The summed E-state index contributed by atoms with van der Waals surface area (Å²) in [5, 5.41) is 2.76. The molecule has 0 saturated carbocycles. The SMILES string of the molecule is COC(=O)c1ccccc1NC(=O)C1CC(=O)N(CCc2ccccc2OC)C1. The Morgan fingerprint density at radius 1 is 1.10 bits per heavy atom. The average Bonchev–Trinajstić information content (AvgIpc) is 3.13. The fourth-order valence-corrected chi connectivity index (χ4v) is 3.44. The van der Waals surface area contributed by atoms with Crippen LogP contribution in [-0.2, 0) is 20.7 Å². The summed E-state index contributed by atoms with van der Waals surface area (Å²) in [5.74, 6) is -0.545. The zero-order valence-electron chi connectivity index (χ0n) is 16.5. The molecule has 1 heterocycles. The summed E-state index contributed by atoms with van der Waals surface area (Å²) in [7, 11) is 2.91. The molecule has 1 saturated heterocycles. The molecular formula is C22H24N2O5. The predicted octanol–water partition coefficient (Wildman–Crippen LogP) is 2.51. The number of esters is 1. The Labute approximate surface area is 169 Å². The summed E-state index contributed by atoms with van der Waals surface area (Å²) in [4.78, 5) is 38.6. The van der Waals surface area contributed by atoms with Crippen LogP contribution in [0.1, 0.15) is 22.3 Å². The van der Waals surface area contributed by atoms with Crippen LogP contribution >= 0.6 is 0 Å². The van der Waals surface area contributed by atoms with Crippen molar-refractivity contribution in [2.45, 2.75) is 12.8 Å². The van der Waals surface area contributed by atoms with Gasteiger partial charge in [-0.15, -0.1) is 0 Å². The van der Waals surface area contributed by atoms with E-state index in [4.69, 9.17) is 9.47 Å². The number of hydrogen-bond acceptors (Lipinski definition) is 5. The van der Waals surface area contributed by atoms with Crippen LogP contribution in [-0.4, -0.2) is 50.0 Å². The molecule has 152 valence electrons. The van der Waals surface area contributed by atoms with Gasteiger partial charge >= 0.3 is 5.97 Å². The number of carbonyl (C=O) groups is 3. The molecule has 0 spiro atoms. The zero-order valence-corrected chi connectivity index (χ0v) is 16.5. The lowest BCUT2D eigenvalue weighted by atomic mass is 10.1. The van der Waals surface area contributed by atoms with Crippen LogP contribution in [0, 0.1) is 5.92 Å². The third-order valence-corrected chi connectivity index (χ3v) is 5.02. The van der Waals surface area contributed by atoms with Crippen molar-refractivity contribution in [1.29, 1.82) is 0 Å². The van der Waals surface area contributed by atoms with E-state index in [1.807, 2.05) is 24.3 Å². The first-order valence-corrected chi connectivity index (χ1v) is 9.41. The summed E-state index contributed by atoms with van der Waals surface area (Å²) in [6, 6.07) is 14.3. The average molecular weight is 396 g/mol. The number of carbonyl (C=O) groups excluding carboxylic acids is 3. The Balaban J connectivity index is 1.61. The monoisotopic (exact) mass is 396 g/mol. The van der Waals surface area contributed by atoms with Crippen molar-refractivity contribution in [2.75, 3.05) is 32.6 Å². The first kappa shape index (κ1) is 20.4. The maximum absolute atomic E-state index is 12.7. The smallest absolute Gasteiger partial charge is 0.339 e. The van der Waals surface area contributed by atoms with Gasteiger partial charge in [0.15, 0.2) is 0 Å². The largest absolute Gasteiger partial charge is 0.496 e. The van der Waals surface area contributed by atoms with Crippen molar-refractivity contribution in [3.63, 3.8) is 0 Å². The quantitative estimate of drug-likeness (QED) is 0.727. The highest BCUT2D eigenvalue weighted by molar-refractivity contribution is 6.03. The number of likely N-dealkylation sites (tertiary alicyclic amines) is 1. The molecule has 1 aliphatic rings. The van der Waals surface area contributed by atoms with E-state index in [-0.39, 0.29) is 23.8 Å². The number of amides is 2. The molecule has 2 aromatic rings. The summed E-state index contributed by atoms with van der Waals surface area (Å²) >= 11 is 0. The summed E-state index contributed by atoms with van der Waals surface area (Å²) in [6.07, 6.45) is 0.799. The van der Waals surface area contributed by atoms with Crippen molar-refractivity contribution in [1.82, 2.24) is 4.90 Å². The number of para-hydroxylation sites is 2. The normalized spacial score (nSPS) is 15.9. The number of rotatable bonds is 7. The van der Waals surface area contributed by atoms with Gasteiger partial charge in [-0.3, -0.25) is 9.59 Å². The number of ether oxygens (including phenoxy) is 2. The van der Waals surface area contributed by atoms with E-state index < -0.39 is 11.9 Å². The third kappa shape index (κ3) is 4.74. The first-order chi connectivity index (χ1) is 14.0. The number of anilines is 1. The topological polar surface area (TPSA) is 84.9 Å². The van der Waals surface area contributed by atoms with Crippen molar-refractivity contribution in [3.8, 4) is 5.75 Å². The van der Waals surface area contributed by atoms with Gasteiger partial charge in [0, 0.05) is 19.5 Å². The second kappa shape index (κ2) is 9.23. The maximum atomic E-state index is 12.7. The molecule has 1 atom stereocenters. The van der Waals surface area contributed by atoms with Crippen LogP contribution in [0.3, 0.4) is 0 Å². The highest BCUT2D eigenvalue weighted by atomic mass is 16.5. The maximum Gasteiger partial charge on any atom is 0.339 e. The first-order valence-electron chi connectivity index (χ1n) is 9.41. The van der Waals surface area contributed by atoms with Gasteiger partial charge in [0.2, 0.25) is 11.8 Å². The van der Waals surface area contributed by atoms with Gasteiger partial charge in [-0.25, -0.2) is 4.79 Å². The fourth-order valence-electron chi connectivity index (χ4n) is 3.44. The van der Waals surface area contributed by atoms with Crippen LogP contribution in [0.2, 0.25) is 0 Å². The van der Waals surface area contributed by atoms with Crippen molar-refractivity contribution >= 4 is 23.5 Å². The van der Waals surface area contributed by atoms with Gasteiger partial charge in [-0.1, -0.05) is 30.3 Å². The van der Waals surface area contributed by atoms with Gasteiger partial charge in [0.1, 0.15) is 5.75 Å². The Morgan fingerprint density at radius 3 is 2.59 bits per heavy atom. The Hall–Kier alpha value is -3.35. The lowest BCUT2D eigenvalue weighted by molar-refractivity contribution is -0.128. The van der Waals surface area contributed by atoms with Gasteiger partial charge < -0.3 is 19.7 Å². The van der Waals surface area contributed by atoms with Crippen molar-refractivity contribution in [3.05, 3.63) is 59.7 Å². The molecule has 7 heteroatoms. The van der Waals surface area contributed by atoms with Crippen LogP contribution in [0.4, 0.5) is 5.69 Å². The molecule has 0 radical (unpaired) electrons. The second-order valence-electron chi connectivity index (χ2n) is 6.83. The van der Waals surface area contributed by atoms with Crippen molar-refractivity contribution in [2.24, 2.45) is 5.92 Å². The molecule has 0 aromatic heterocycles. The van der Waals surface area contributed by atoms with Gasteiger partial charge in [-0.2, -0.15) is 0 Å². The van der Waals surface area contributed by atoms with Crippen LogP contribution < -0.4 is 10.1 Å². The molecule has 7 nitrogen and oxygen atoms in total. The van der Waals surface area contributed by atoms with Crippen LogP contribution in [0.25, 0.3) is 0 Å². The molecule has 1 unspecified atom stereocenters. The number of nitrogens with one attached hydrogen (secondary N) is 1.